The molecule has 1 unspecified atom stereocenters. The van der Waals surface area contributed by atoms with Crippen molar-refractivity contribution in [2.75, 3.05) is 13.2 Å². The molecule has 5 nitrogen and oxygen atoms in total. The van der Waals surface area contributed by atoms with Crippen LogP contribution in [0.4, 0.5) is 0 Å². The lowest BCUT2D eigenvalue weighted by Crippen LogP contribution is -2.41. The van der Waals surface area contributed by atoms with Gasteiger partial charge in [-0.15, -0.1) is 0 Å². The first-order valence-electron chi connectivity index (χ1n) is 4.66. The largest absolute Gasteiger partial charge is 0.481 e. The van der Waals surface area contributed by atoms with Crippen LogP contribution in [-0.4, -0.2) is 36.2 Å². The maximum Gasteiger partial charge on any atom is 0.305 e. The van der Waals surface area contributed by atoms with E-state index >= 15 is 0 Å². The summed E-state index contributed by atoms with van der Waals surface area (Å²) in [5.74, 6) is -0.950. The Morgan fingerprint density at radius 1 is 1.64 bits per heavy atom. The van der Waals surface area contributed by atoms with E-state index in [1.165, 1.54) is 6.92 Å². The fourth-order valence-electron chi connectivity index (χ4n) is 1.65. The monoisotopic (exact) mass is 201 g/mol. The molecule has 1 heterocycles. The summed E-state index contributed by atoms with van der Waals surface area (Å²) in [4.78, 5) is 21.4. The standard InChI is InChI=1S/C9H15NO4/c1-6(11)10-8(4-9(12)13)7-2-3-14-5-7/h7-8H,2-5H2,1H3,(H,10,11)(H,12,13)/t7?,8-/m1/s1. The number of amides is 1. The summed E-state index contributed by atoms with van der Waals surface area (Å²) >= 11 is 0. The van der Waals surface area contributed by atoms with Crippen LogP contribution in [0, 0.1) is 5.92 Å². The molecule has 0 aromatic heterocycles. The SMILES string of the molecule is CC(=O)N[C@H](CC(=O)O)C1CCOC1. The van der Waals surface area contributed by atoms with E-state index in [1.54, 1.807) is 0 Å². The smallest absolute Gasteiger partial charge is 0.305 e. The number of hydrogen-bond donors (Lipinski definition) is 2. The third-order valence-electron chi connectivity index (χ3n) is 2.32. The molecule has 1 fully saturated rings. The highest BCUT2D eigenvalue weighted by Gasteiger charge is 2.28. The molecule has 80 valence electrons. The van der Waals surface area contributed by atoms with Crippen LogP contribution in [0.1, 0.15) is 19.8 Å². The summed E-state index contributed by atoms with van der Waals surface area (Å²) in [6, 6.07) is -0.299. The van der Waals surface area contributed by atoms with Gasteiger partial charge in [0.25, 0.3) is 0 Å². The third kappa shape index (κ3) is 3.33. The molecule has 14 heavy (non-hydrogen) atoms. The van der Waals surface area contributed by atoms with Gasteiger partial charge >= 0.3 is 5.97 Å². The maximum absolute atomic E-state index is 10.8. The van der Waals surface area contributed by atoms with Gasteiger partial charge in [-0.1, -0.05) is 0 Å². The van der Waals surface area contributed by atoms with E-state index < -0.39 is 5.97 Å². The van der Waals surface area contributed by atoms with Crippen molar-refractivity contribution in [3.63, 3.8) is 0 Å². The van der Waals surface area contributed by atoms with Crippen molar-refractivity contribution >= 4 is 11.9 Å². The zero-order valence-electron chi connectivity index (χ0n) is 8.16. The maximum atomic E-state index is 10.8. The van der Waals surface area contributed by atoms with Crippen LogP contribution >= 0.6 is 0 Å². The first kappa shape index (κ1) is 11.0. The topological polar surface area (TPSA) is 75.6 Å². The fourth-order valence-corrected chi connectivity index (χ4v) is 1.65. The predicted octanol–water partition coefficient (Wildman–Crippen LogP) is 0.00230. The van der Waals surface area contributed by atoms with Crippen LogP contribution in [0.3, 0.4) is 0 Å². The van der Waals surface area contributed by atoms with Crippen molar-refractivity contribution in [1.82, 2.24) is 5.32 Å². The molecule has 0 bridgehead atoms. The summed E-state index contributed by atoms with van der Waals surface area (Å²) in [6.07, 6.45) is 0.784. The van der Waals surface area contributed by atoms with Crippen LogP contribution in [0.5, 0.6) is 0 Å². The molecular weight excluding hydrogens is 186 g/mol. The Morgan fingerprint density at radius 3 is 2.79 bits per heavy atom. The molecular formula is C9H15NO4. The zero-order valence-corrected chi connectivity index (χ0v) is 8.16. The number of carbonyl (C=O) groups is 2. The van der Waals surface area contributed by atoms with Crippen molar-refractivity contribution in [1.29, 1.82) is 0 Å². The molecule has 1 amide bonds. The Labute approximate surface area is 82.4 Å². The Morgan fingerprint density at radius 2 is 2.36 bits per heavy atom. The van der Waals surface area contributed by atoms with E-state index in [9.17, 15) is 9.59 Å². The molecule has 0 saturated carbocycles. The molecule has 0 spiro atoms. The number of hydrogen-bond acceptors (Lipinski definition) is 3. The fraction of sp³-hybridized carbons (Fsp3) is 0.778. The third-order valence-corrected chi connectivity index (χ3v) is 2.32. The van der Waals surface area contributed by atoms with E-state index in [1.807, 2.05) is 0 Å². The summed E-state index contributed by atoms with van der Waals surface area (Å²) in [5.41, 5.74) is 0. The summed E-state index contributed by atoms with van der Waals surface area (Å²) in [5, 5.41) is 11.3. The van der Waals surface area contributed by atoms with Crippen molar-refractivity contribution in [3.05, 3.63) is 0 Å². The van der Waals surface area contributed by atoms with Crippen molar-refractivity contribution in [2.24, 2.45) is 5.92 Å². The van der Waals surface area contributed by atoms with Crippen LogP contribution < -0.4 is 5.32 Å². The Hall–Kier alpha value is -1.10. The van der Waals surface area contributed by atoms with Crippen molar-refractivity contribution < 1.29 is 19.4 Å². The first-order chi connectivity index (χ1) is 6.59. The number of aliphatic carboxylic acids is 1. The predicted molar refractivity (Wildman–Crippen MR) is 48.8 cm³/mol. The highest BCUT2D eigenvalue weighted by molar-refractivity contribution is 5.75. The number of carboxylic acids is 1. The number of carboxylic acid groups (broad SMARTS) is 1. The van der Waals surface area contributed by atoms with Crippen LogP contribution in [-0.2, 0) is 14.3 Å². The van der Waals surface area contributed by atoms with Gasteiger partial charge in [0.2, 0.25) is 5.91 Å². The average molecular weight is 201 g/mol. The second-order valence-electron chi connectivity index (χ2n) is 3.53. The van der Waals surface area contributed by atoms with Gasteiger partial charge in [-0.05, 0) is 6.42 Å². The quantitative estimate of drug-likeness (QED) is 0.671. The molecule has 1 aliphatic heterocycles. The van der Waals surface area contributed by atoms with Crippen LogP contribution in [0.25, 0.3) is 0 Å². The number of ether oxygens (including phenoxy) is 1. The van der Waals surface area contributed by atoms with Gasteiger partial charge in [-0.25, -0.2) is 0 Å². The van der Waals surface area contributed by atoms with Gasteiger partial charge < -0.3 is 15.2 Å². The lowest BCUT2D eigenvalue weighted by molar-refractivity contribution is -0.138. The minimum atomic E-state index is -0.893. The lowest BCUT2D eigenvalue weighted by atomic mass is 9.96. The molecule has 0 aromatic rings. The minimum Gasteiger partial charge on any atom is -0.481 e. The molecule has 5 heteroatoms. The minimum absolute atomic E-state index is 0.0341. The highest BCUT2D eigenvalue weighted by Crippen LogP contribution is 2.18. The van der Waals surface area contributed by atoms with Crippen molar-refractivity contribution in [2.45, 2.75) is 25.8 Å². The average Bonchev–Trinajstić information content (AvgIpc) is 2.52. The van der Waals surface area contributed by atoms with Gasteiger partial charge in [-0.3, -0.25) is 9.59 Å². The number of rotatable bonds is 4. The summed E-state index contributed by atoms with van der Waals surface area (Å²) in [6.45, 7) is 2.59. The molecule has 2 N–H and O–H groups in total. The molecule has 2 atom stereocenters. The zero-order chi connectivity index (χ0) is 10.6. The second-order valence-corrected chi connectivity index (χ2v) is 3.53. The molecule has 0 aliphatic carbocycles. The van der Waals surface area contributed by atoms with Crippen LogP contribution in [0.2, 0.25) is 0 Å². The van der Waals surface area contributed by atoms with Gasteiger partial charge in [-0.2, -0.15) is 0 Å². The Kier molecular flexibility index (Phi) is 3.88. The van der Waals surface area contributed by atoms with Gasteiger partial charge in [0.15, 0.2) is 0 Å². The van der Waals surface area contributed by atoms with Crippen molar-refractivity contribution in [3.8, 4) is 0 Å². The summed E-state index contributed by atoms with van der Waals surface area (Å²) < 4.78 is 5.16. The Balaban J connectivity index is 2.50. The van der Waals surface area contributed by atoms with Crippen LogP contribution in [0.15, 0.2) is 0 Å². The van der Waals surface area contributed by atoms with Gasteiger partial charge in [0, 0.05) is 25.5 Å². The molecule has 0 aromatic carbocycles. The summed E-state index contributed by atoms with van der Waals surface area (Å²) in [7, 11) is 0. The Bertz CT molecular complexity index is 207. The van der Waals surface area contributed by atoms with E-state index in [0.29, 0.717) is 13.2 Å². The van der Waals surface area contributed by atoms with E-state index in [4.69, 9.17) is 9.84 Å². The number of nitrogens with one attached hydrogen (secondary N) is 1. The van der Waals surface area contributed by atoms with Gasteiger partial charge in [0.05, 0.1) is 13.0 Å². The normalized spacial score (nSPS) is 23.1. The molecule has 1 aliphatic rings. The lowest BCUT2D eigenvalue weighted by Gasteiger charge is -2.21. The van der Waals surface area contributed by atoms with E-state index in [0.717, 1.165) is 6.42 Å². The molecule has 1 saturated heterocycles. The highest BCUT2D eigenvalue weighted by atomic mass is 16.5. The van der Waals surface area contributed by atoms with Gasteiger partial charge in [0.1, 0.15) is 0 Å². The van der Waals surface area contributed by atoms with E-state index in [-0.39, 0.29) is 24.3 Å². The molecule has 1 rings (SSSR count). The molecule has 0 radical (unpaired) electrons. The number of carbonyl (C=O) groups excluding carboxylic acids is 1. The van der Waals surface area contributed by atoms with E-state index in [2.05, 4.69) is 5.32 Å². The second kappa shape index (κ2) is 4.95. The first-order valence-corrected chi connectivity index (χ1v) is 4.66.